The van der Waals surface area contributed by atoms with E-state index in [1.54, 1.807) is 24.5 Å². The number of nitrogens with zero attached hydrogens (tertiary/aromatic N) is 3. The second-order valence-electron chi connectivity index (χ2n) is 6.94. The van der Waals surface area contributed by atoms with Gasteiger partial charge in [0.2, 0.25) is 0 Å². The van der Waals surface area contributed by atoms with Crippen LogP contribution in [0.1, 0.15) is 37.3 Å². The van der Waals surface area contributed by atoms with Crippen molar-refractivity contribution in [1.82, 2.24) is 9.88 Å². The summed E-state index contributed by atoms with van der Waals surface area (Å²) in [4.78, 5) is 32.0. The first-order valence-corrected chi connectivity index (χ1v) is 9.42. The number of carbonyl (C=O) groups is 2. The molecule has 0 spiro atoms. The minimum Gasteiger partial charge on any atom is -0.309 e. The Morgan fingerprint density at radius 3 is 2.68 bits per heavy atom. The summed E-state index contributed by atoms with van der Waals surface area (Å²) in [6.07, 6.45) is 5.49. The SMILES string of the molecule is CC1CCCC2C(=O)N(c3c(F)cc(C#Cc4cccnc4)cc3Cl)C(=O)N12. The molecule has 5 nitrogen and oxygen atoms in total. The van der Waals surface area contributed by atoms with Gasteiger partial charge in [-0.1, -0.05) is 23.4 Å². The van der Waals surface area contributed by atoms with Gasteiger partial charge in [-0.3, -0.25) is 9.78 Å². The van der Waals surface area contributed by atoms with Crippen LogP contribution in [0.25, 0.3) is 0 Å². The third-order valence-electron chi connectivity index (χ3n) is 5.08. The van der Waals surface area contributed by atoms with Crippen molar-refractivity contribution >= 4 is 29.2 Å². The maximum atomic E-state index is 14.9. The van der Waals surface area contributed by atoms with Gasteiger partial charge in [-0.25, -0.2) is 14.1 Å². The molecule has 0 saturated carbocycles. The molecule has 4 rings (SSSR count). The number of piperidine rings is 1. The zero-order valence-electron chi connectivity index (χ0n) is 15.2. The molecular weight excluding hydrogens is 381 g/mol. The van der Waals surface area contributed by atoms with Gasteiger partial charge < -0.3 is 4.90 Å². The zero-order chi connectivity index (χ0) is 19.8. The number of halogens is 2. The van der Waals surface area contributed by atoms with E-state index in [4.69, 9.17) is 11.6 Å². The molecule has 2 aliphatic heterocycles. The van der Waals surface area contributed by atoms with Gasteiger partial charge in [0.1, 0.15) is 17.5 Å². The molecule has 1 aromatic carbocycles. The molecule has 0 radical (unpaired) electrons. The minimum absolute atomic E-state index is 0.0234. The lowest BCUT2D eigenvalue weighted by atomic mass is 9.98. The van der Waals surface area contributed by atoms with Crippen LogP contribution in [0.3, 0.4) is 0 Å². The van der Waals surface area contributed by atoms with Crippen molar-refractivity contribution in [3.63, 3.8) is 0 Å². The third kappa shape index (κ3) is 3.12. The number of pyridine rings is 1. The zero-order valence-corrected chi connectivity index (χ0v) is 15.9. The number of anilines is 1. The van der Waals surface area contributed by atoms with Crippen LogP contribution in [0.15, 0.2) is 36.7 Å². The van der Waals surface area contributed by atoms with Crippen molar-refractivity contribution in [3.8, 4) is 11.8 Å². The molecule has 1 aromatic heterocycles. The van der Waals surface area contributed by atoms with Crippen molar-refractivity contribution in [2.45, 2.75) is 38.3 Å². The highest BCUT2D eigenvalue weighted by Crippen LogP contribution is 2.38. The summed E-state index contributed by atoms with van der Waals surface area (Å²) < 4.78 is 14.9. The Morgan fingerprint density at radius 1 is 1.21 bits per heavy atom. The summed E-state index contributed by atoms with van der Waals surface area (Å²) >= 11 is 6.28. The van der Waals surface area contributed by atoms with Gasteiger partial charge in [-0.2, -0.15) is 0 Å². The largest absolute Gasteiger partial charge is 0.332 e. The van der Waals surface area contributed by atoms with Crippen molar-refractivity contribution in [2.24, 2.45) is 0 Å². The molecule has 3 heterocycles. The smallest absolute Gasteiger partial charge is 0.309 e. The Morgan fingerprint density at radius 2 is 2.00 bits per heavy atom. The summed E-state index contributed by atoms with van der Waals surface area (Å²) in [5, 5.41) is -0.0234. The second kappa shape index (κ2) is 7.25. The van der Waals surface area contributed by atoms with E-state index < -0.39 is 23.8 Å². The van der Waals surface area contributed by atoms with Crippen molar-refractivity contribution in [2.75, 3.05) is 4.90 Å². The highest BCUT2D eigenvalue weighted by atomic mass is 35.5. The van der Waals surface area contributed by atoms with E-state index in [0.29, 0.717) is 17.5 Å². The predicted molar refractivity (Wildman–Crippen MR) is 103 cm³/mol. The summed E-state index contributed by atoms with van der Waals surface area (Å²) in [5.41, 5.74) is 0.823. The maximum Gasteiger partial charge on any atom is 0.332 e. The Kier molecular flexibility index (Phi) is 4.78. The first-order chi connectivity index (χ1) is 13.5. The molecule has 142 valence electrons. The van der Waals surface area contributed by atoms with Crippen LogP contribution in [0.4, 0.5) is 14.9 Å². The van der Waals surface area contributed by atoms with Crippen LogP contribution in [0.2, 0.25) is 5.02 Å². The average molecular weight is 398 g/mol. The Balaban J connectivity index is 1.69. The lowest BCUT2D eigenvalue weighted by Gasteiger charge is -2.32. The molecule has 2 aromatic rings. The fraction of sp³-hybridized carbons (Fsp3) is 0.286. The van der Waals surface area contributed by atoms with Crippen LogP contribution in [-0.2, 0) is 4.79 Å². The van der Waals surface area contributed by atoms with E-state index in [2.05, 4.69) is 16.8 Å². The number of carbonyl (C=O) groups excluding carboxylic acids is 2. The topological polar surface area (TPSA) is 53.5 Å². The standard InChI is InChI=1S/C21H17ClFN3O2/c1-13-4-2-6-18-20(27)26(21(28)25(13)18)19-16(22)10-15(11-17(19)23)8-7-14-5-3-9-24-12-14/h3,5,9-13,18H,2,4,6H2,1H3. The van der Waals surface area contributed by atoms with Crippen LogP contribution >= 0.6 is 11.6 Å². The third-order valence-corrected chi connectivity index (χ3v) is 5.37. The molecular formula is C21H17ClFN3O2. The molecule has 7 heteroatoms. The number of benzene rings is 1. The average Bonchev–Trinajstić information content (AvgIpc) is 2.93. The van der Waals surface area contributed by atoms with E-state index in [0.717, 1.165) is 17.7 Å². The fourth-order valence-electron chi connectivity index (χ4n) is 3.75. The normalized spacial score (nSPS) is 21.4. The molecule has 2 atom stereocenters. The molecule has 0 aliphatic carbocycles. The lowest BCUT2D eigenvalue weighted by Crippen LogP contribution is -2.45. The van der Waals surface area contributed by atoms with Crippen LogP contribution < -0.4 is 4.90 Å². The molecule has 28 heavy (non-hydrogen) atoms. The summed E-state index contributed by atoms with van der Waals surface area (Å²) in [5.74, 6) is 4.52. The van der Waals surface area contributed by atoms with E-state index >= 15 is 0 Å². The van der Waals surface area contributed by atoms with Crippen molar-refractivity contribution in [1.29, 1.82) is 0 Å². The predicted octanol–water partition coefficient (Wildman–Crippen LogP) is 3.98. The summed E-state index contributed by atoms with van der Waals surface area (Å²) in [6, 6.07) is 5.06. The molecule has 2 fully saturated rings. The number of hydrogen-bond acceptors (Lipinski definition) is 3. The van der Waals surface area contributed by atoms with Crippen LogP contribution in [0, 0.1) is 17.7 Å². The van der Waals surface area contributed by atoms with E-state index in [-0.39, 0.29) is 16.8 Å². The van der Waals surface area contributed by atoms with E-state index in [9.17, 15) is 14.0 Å². The van der Waals surface area contributed by atoms with E-state index in [1.165, 1.54) is 17.0 Å². The van der Waals surface area contributed by atoms with Crippen LogP contribution in [0.5, 0.6) is 0 Å². The maximum absolute atomic E-state index is 14.9. The van der Waals surface area contributed by atoms with Gasteiger partial charge in [0.05, 0.1) is 5.02 Å². The lowest BCUT2D eigenvalue weighted by molar-refractivity contribution is -0.120. The first-order valence-electron chi connectivity index (χ1n) is 9.04. The molecule has 2 unspecified atom stereocenters. The molecule has 0 bridgehead atoms. The van der Waals surface area contributed by atoms with Gasteiger partial charge in [-0.15, -0.1) is 0 Å². The Labute approximate surface area is 167 Å². The molecule has 2 aliphatic rings. The summed E-state index contributed by atoms with van der Waals surface area (Å²) in [7, 11) is 0. The number of fused-ring (bicyclic) bond motifs is 1. The Hall–Kier alpha value is -2.91. The second-order valence-corrected chi connectivity index (χ2v) is 7.35. The molecule has 2 saturated heterocycles. The fourth-order valence-corrected chi connectivity index (χ4v) is 4.05. The quantitative estimate of drug-likeness (QED) is 0.540. The Bertz CT molecular complexity index is 992. The van der Waals surface area contributed by atoms with Gasteiger partial charge in [-0.05, 0) is 50.5 Å². The molecule has 3 amide bonds. The number of hydrogen-bond donors (Lipinski definition) is 0. The summed E-state index contributed by atoms with van der Waals surface area (Å²) in [6.45, 7) is 1.90. The van der Waals surface area contributed by atoms with E-state index in [1.807, 2.05) is 6.92 Å². The number of urea groups is 1. The van der Waals surface area contributed by atoms with Crippen LogP contribution in [-0.4, -0.2) is 33.9 Å². The number of aromatic nitrogens is 1. The number of rotatable bonds is 1. The van der Waals surface area contributed by atoms with Gasteiger partial charge in [0.25, 0.3) is 5.91 Å². The highest BCUT2D eigenvalue weighted by Gasteiger charge is 2.50. The van der Waals surface area contributed by atoms with Gasteiger partial charge in [0, 0.05) is 29.6 Å². The molecule has 0 N–H and O–H groups in total. The minimum atomic E-state index is -0.753. The number of imide groups is 1. The van der Waals surface area contributed by atoms with Crippen molar-refractivity contribution < 1.29 is 14.0 Å². The van der Waals surface area contributed by atoms with Gasteiger partial charge in [0.15, 0.2) is 0 Å². The monoisotopic (exact) mass is 397 g/mol. The number of amides is 3. The first kappa shape index (κ1) is 18.5. The van der Waals surface area contributed by atoms with Crippen molar-refractivity contribution in [3.05, 3.63) is 58.6 Å². The highest BCUT2D eigenvalue weighted by molar-refractivity contribution is 6.36. The van der Waals surface area contributed by atoms with Gasteiger partial charge >= 0.3 is 6.03 Å².